The number of anilines is 2. The Morgan fingerprint density at radius 2 is 1.61 bits per heavy atom. The number of nitriles is 1. The largest absolute Gasteiger partial charge is 0.493 e. The van der Waals surface area contributed by atoms with Crippen LogP contribution in [0.5, 0.6) is 5.75 Å². The second-order valence-corrected chi connectivity index (χ2v) is 20.6. The van der Waals surface area contributed by atoms with E-state index in [1.54, 1.807) is 49.1 Å². The number of nitrogens with one attached hydrogen (secondary N) is 2. The van der Waals surface area contributed by atoms with Gasteiger partial charge >= 0.3 is 6.18 Å². The number of carbonyl (C=O) groups excluding carboxylic acids is 4. The molecule has 4 aromatic rings. The molecule has 0 spiro atoms. The van der Waals surface area contributed by atoms with E-state index in [0.717, 1.165) is 59.5 Å². The van der Waals surface area contributed by atoms with Crippen LogP contribution in [0.3, 0.4) is 0 Å². The second-order valence-electron chi connectivity index (χ2n) is 20.2. The molecular weight excluding hydrogens is 940 g/mol. The molecule has 2 aliphatic heterocycles. The smallest absolute Gasteiger partial charge is 0.417 e. The van der Waals surface area contributed by atoms with Crippen LogP contribution in [0.2, 0.25) is 0 Å². The number of thiocarbonyl (C=S) groups is 1. The number of aryl methyl sites for hydroxylation is 1. The summed E-state index contributed by atoms with van der Waals surface area (Å²) in [5, 5.41) is 25.7. The van der Waals surface area contributed by atoms with Crippen LogP contribution in [0.4, 0.5) is 24.5 Å². The van der Waals surface area contributed by atoms with E-state index < -0.39 is 76.1 Å². The molecule has 7 rings (SSSR count). The van der Waals surface area contributed by atoms with Gasteiger partial charge in [0.2, 0.25) is 17.7 Å². The second kappa shape index (κ2) is 21.2. The van der Waals surface area contributed by atoms with Crippen molar-refractivity contribution in [3.05, 3.63) is 95.5 Å². The zero-order chi connectivity index (χ0) is 51.6. The highest BCUT2D eigenvalue weighted by Crippen LogP contribution is 2.40. The van der Waals surface area contributed by atoms with Crippen LogP contribution in [0, 0.1) is 35.5 Å². The van der Waals surface area contributed by atoms with Gasteiger partial charge in [-0.05, 0) is 131 Å². The molecule has 1 aromatic heterocycles. The third-order valence-electron chi connectivity index (χ3n) is 13.5. The lowest BCUT2D eigenvalue weighted by molar-refractivity contribution is -0.144. The van der Waals surface area contributed by atoms with Crippen molar-refractivity contribution in [2.24, 2.45) is 17.3 Å². The van der Waals surface area contributed by atoms with E-state index in [1.807, 2.05) is 58.9 Å². The number of carbonyl (C=O) groups is 4. The Hall–Kier alpha value is -6.36. The summed E-state index contributed by atoms with van der Waals surface area (Å²) in [5.74, 6) is -0.0936. The first-order valence-electron chi connectivity index (χ1n) is 23.7. The molecule has 19 heteroatoms. The van der Waals surface area contributed by atoms with Gasteiger partial charge in [-0.3, -0.25) is 24.1 Å². The number of aliphatic hydroxyl groups excluding tert-OH is 1. The molecule has 2 saturated heterocycles. The molecule has 0 radical (unpaired) electrons. The maximum Gasteiger partial charge on any atom is 0.417 e. The van der Waals surface area contributed by atoms with Crippen LogP contribution in [-0.2, 0) is 30.1 Å². The highest BCUT2D eigenvalue weighted by atomic mass is 32.1. The van der Waals surface area contributed by atoms with E-state index >= 15 is 0 Å². The minimum absolute atomic E-state index is 0.00233. The van der Waals surface area contributed by atoms with Crippen molar-refractivity contribution < 1.29 is 51.3 Å². The normalized spacial score (nSPS) is 21.2. The molecular formula is C52H60F3N7O8S. The van der Waals surface area contributed by atoms with Gasteiger partial charge in [0, 0.05) is 24.2 Å². The molecule has 3 heterocycles. The zero-order valence-corrected chi connectivity index (χ0v) is 41.7. The molecule has 71 heavy (non-hydrogen) atoms. The number of halogens is 3. The SMILES string of the molecule is Cc1ncoc1-c1ccc([C@H](C)NC(=O)[C@@H]2C[C@@H](O)CN2C(=O)[C@@H](NC(=O)COCC2CCC(COc3ccc(N4C(=S)N(c5ccc(C#N)c(C(F)(F)F)c5)C(=O)C4(C)C)cc3)CC2)C(C)(C)C)cc1. The number of rotatable bonds is 15. The number of oxazole rings is 1. The third-order valence-corrected chi connectivity index (χ3v) is 13.9. The Morgan fingerprint density at radius 3 is 2.20 bits per heavy atom. The van der Waals surface area contributed by atoms with Crippen molar-refractivity contribution in [1.82, 2.24) is 20.5 Å². The maximum absolute atomic E-state index is 14.1. The minimum Gasteiger partial charge on any atom is -0.493 e. The summed E-state index contributed by atoms with van der Waals surface area (Å²) in [7, 11) is 0. The van der Waals surface area contributed by atoms with E-state index in [9.17, 15) is 42.7 Å². The zero-order valence-electron chi connectivity index (χ0n) is 40.8. The number of hydrogen-bond acceptors (Lipinski definition) is 11. The molecule has 378 valence electrons. The average molecular weight is 1000 g/mol. The maximum atomic E-state index is 14.1. The molecule has 0 unspecified atom stereocenters. The number of aromatic nitrogens is 1. The predicted molar refractivity (Wildman–Crippen MR) is 262 cm³/mol. The lowest BCUT2D eigenvalue weighted by Gasteiger charge is -2.35. The lowest BCUT2D eigenvalue weighted by atomic mass is 9.83. The number of benzene rings is 3. The Bertz CT molecular complexity index is 2650. The van der Waals surface area contributed by atoms with Crippen LogP contribution in [0.25, 0.3) is 11.3 Å². The number of amides is 4. The van der Waals surface area contributed by atoms with Gasteiger partial charge in [-0.2, -0.15) is 18.4 Å². The fourth-order valence-corrected chi connectivity index (χ4v) is 9.99. The topological polar surface area (TPSA) is 191 Å². The van der Waals surface area contributed by atoms with E-state index in [1.165, 1.54) is 17.4 Å². The summed E-state index contributed by atoms with van der Waals surface area (Å²) >= 11 is 5.66. The quantitative estimate of drug-likeness (QED) is 0.0974. The Labute approximate surface area is 416 Å². The van der Waals surface area contributed by atoms with Gasteiger partial charge in [-0.25, -0.2) is 4.98 Å². The molecule has 3 aromatic carbocycles. The number of likely N-dealkylation sites (tertiary alicyclic amines) is 1. The van der Waals surface area contributed by atoms with Crippen molar-refractivity contribution in [1.29, 1.82) is 5.26 Å². The van der Waals surface area contributed by atoms with Gasteiger partial charge in [-0.1, -0.05) is 45.0 Å². The average Bonchev–Trinajstić information content (AvgIpc) is 3.99. The van der Waals surface area contributed by atoms with Crippen LogP contribution < -0.4 is 25.2 Å². The molecule has 1 aliphatic carbocycles. The summed E-state index contributed by atoms with van der Waals surface area (Å²) in [6, 6.07) is 16.8. The first-order valence-corrected chi connectivity index (χ1v) is 24.1. The first kappa shape index (κ1) is 52.5. The number of hydrogen-bond donors (Lipinski definition) is 3. The number of alkyl halides is 3. The Balaban J connectivity index is 0.853. The van der Waals surface area contributed by atoms with Crippen molar-refractivity contribution >= 4 is 52.3 Å². The van der Waals surface area contributed by atoms with Gasteiger partial charge < -0.3 is 39.4 Å². The number of β-amino-alcohol motifs (C(OH)–C–C–N with tert-alkyl or cyclic N) is 1. The molecule has 15 nitrogen and oxygen atoms in total. The molecule has 0 bridgehead atoms. The molecule has 1 saturated carbocycles. The van der Waals surface area contributed by atoms with E-state index in [4.69, 9.17) is 26.1 Å². The van der Waals surface area contributed by atoms with E-state index in [2.05, 4.69) is 15.6 Å². The molecule has 4 atom stereocenters. The molecule has 3 fully saturated rings. The Kier molecular flexibility index (Phi) is 15.6. The summed E-state index contributed by atoms with van der Waals surface area (Å²) in [6.45, 7) is 13.0. The lowest BCUT2D eigenvalue weighted by Crippen LogP contribution is -2.58. The first-order chi connectivity index (χ1) is 33.5. The number of aliphatic hydroxyl groups is 1. The highest BCUT2D eigenvalue weighted by Gasteiger charge is 2.51. The summed E-state index contributed by atoms with van der Waals surface area (Å²) in [4.78, 5) is 62.9. The van der Waals surface area contributed by atoms with Crippen molar-refractivity contribution in [2.45, 2.75) is 117 Å². The van der Waals surface area contributed by atoms with Gasteiger partial charge in [0.25, 0.3) is 5.91 Å². The van der Waals surface area contributed by atoms with Gasteiger partial charge in [-0.15, -0.1) is 0 Å². The van der Waals surface area contributed by atoms with Crippen LogP contribution in [-0.4, -0.2) is 93.8 Å². The van der Waals surface area contributed by atoms with Gasteiger partial charge in [0.1, 0.15) is 30.0 Å². The van der Waals surface area contributed by atoms with E-state index in [0.29, 0.717) is 30.4 Å². The number of ether oxygens (including phenoxy) is 2. The van der Waals surface area contributed by atoms with Crippen molar-refractivity contribution in [3.8, 4) is 23.1 Å². The minimum atomic E-state index is -4.81. The van der Waals surface area contributed by atoms with Crippen molar-refractivity contribution in [3.63, 3.8) is 0 Å². The fraction of sp³-hybridized carbons (Fsp3) is 0.481. The van der Waals surface area contributed by atoms with Gasteiger partial charge in [0.15, 0.2) is 17.3 Å². The van der Waals surface area contributed by atoms with Crippen LogP contribution in [0.15, 0.2) is 77.5 Å². The van der Waals surface area contributed by atoms with Gasteiger partial charge in [0.05, 0.1) is 53.9 Å². The predicted octanol–water partition coefficient (Wildman–Crippen LogP) is 8.03. The molecule has 3 N–H and O–H groups in total. The van der Waals surface area contributed by atoms with Crippen molar-refractivity contribution in [2.75, 3.05) is 36.2 Å². The molecule has 3 aliphatic rings. The summed E-state index contributed by atoms with van der Waals surface area (Å²) in [5.41, 5.74) is -0.757. The summed E-state index contributed by atoms with van der Waals surface area (Å²) in [6.07, 6.45) is -0.784. The summed E-state index contributed by atoms with van der Waals surface area (Å²) < 4.78 is 58.8. The third kappa shape index (κ3) is 11.7. The number of nitrogens with zero attached hydrogens (tertiary/aromatic N) is 5. The molecule has 4 amide bonds. The fourth-order valence-electron chi connectivity index (χ4n) is 9.47. The van der Waals surface area contributed by atoms with E-state index in [-0.39, 0.29) is 42.2 Å². The highest BCUT2D eigenvalue weighted by molar-refractivity contribution is 7.81. The Morgan fingerprint density at radius 1 is 0.972 bits per heavy atom. The van der Waals surface area contributed by atoms with Crippen LogP contribution >= 0.6 is 12.2 Å². The monoisotopic (exact) mass is 999 g/mol. The standard InChI is InChI=1S/C52H60F3N7O8S/c1-30(34-12-14-35(15-13-34)44-31(2)57-29-70-44)58-46(65)42-23-39(63)25-60(42)47(66)45(50(3,4)5)59-43(64)28-68-26-32-8-10-33(11-9-32)27-69-40-20-18-37(19-21-40)62-49(71)61(48(67)51(62,6)7)38-17-16-36(24-56)41(22-38)52(53,54)55/h12-22,29-30,32-33,39,42,45,63H,8-11,23,25-28H2,1-7H3,(H,58,65)(H,59,64)/t30-,32?,33?,39+,42-,45+/m0/s1. The van der Waals surface area contributed by atoms with Crippen LogP contribution in [0.1, 0.15) is 102 Å².